The zero-order valence-electron chi connectivity index (χ0n) is 8.71. The molecule has 0 spiro atoms. The largest absolute Gasteiger partial charge is 0.573 e. The van der Waals surface area contributed by atoms with Crippen molar-refractivity contribution in [2.24, 2.45) is 0 Å². The highest BCUT2D eigenvalue weighted by atomic mass is 19.4. The average molecular weight is 233 g/mol. The van der Waals surface area contributed by atoms with Crippen molar-refractivity contribution in [1.82, 2.24) is 4.90 Å². The highest BCUT2D eigenvalue weighted by Gasteiger charge is 2.31. The molecular weight excluding hydrogens is 223 g/mol. The Balaban J connectivity index is 2.91. The first-order valence-electron chi connectivity index (χ1n) is 4.37. The number of halogens is 3. The number of hydrogen-bond acceptors (Lipinski definition) is 2. The van der Waals surface area contributed by atoms with Gasteiger partial charge in [-0.2, -0.15) is 0 Å². The van der Waals surface area contributed by atoms with Crippen LogP contribution in [0.2, 0.25) is 0 Å². The molecule has 6 heteroatoms. The standard InChI is InChI=1S/C10H10F3NO2/c1-14(2)9(15)7-4-3-5-8(6-7)16-10(11,12)13/h3-6H,1-2H3. The van der Waals surface area contributed by atoms with Crippen molar-refractivity contribution in [2.75, 3.05) is 14.1 Å². The number of benzene rings is 1. The van der Waals surface area contributed by atoms with Gasteiger partial charge in [-0.3, -0.25) is 4.79 Å². The lowest BCUT2D eigenvalue weighted by Crippen LogP contribution is -2.22. The Labute approximate surface area is 90.4 Å². The van der Waals surface area contributed by atoms with Gasteiger partial charge in [0.2, 0.25) is 0 Å². The fourth-order valence-electron chi connectivity index (χ4n) is 1.08. The molecule has 0 aliphatic carbocycles. The third-order valence-electron chi connectivity index (χ3n) is 1.72. The second-order valence-corrected chi connectivity index (χ2v) is 3.28. The van der Waals surface area contributed by atoms with Crippen LogP contribution in [0, 0.1) is 0 Å². The van der Waals surface area contributed by atoms with Crippen LogP contribution in [0.1, 0.15) is 10.4 Å². The second kappa shape index (κ2) is 4.42. The van der Waals surface area contributed by atoms with Gasteiger partial charge in [-0.05, 0) is 18.2 Å². The van der Waals surface area contributed by atoms with Crippen molar-refractivity contribution < 1.29 is 22.7 Å². The molecule has 0 unspecified atom stereocenters. The van der Waals surface area contributed by atoms with Crippen molar-refractivity contribution in [3.8, 4) is 5.75 Å². The van der Waals surface area contributed by atoms with Crippen LogP contribution in [0.25, 0.3) is 0 Å². The first kappa shape index (κ1) is 12.4. The van der Waals surface area contributed by atoms with Gasteiger partial charge in [0, 0.05) is 19.7 Å². The fourth-order valence-corrected chi connectivity index (χ4v) is 1.08. The Morgan fingerprint density at radius 1 is 1.31 bits per heavy atom. The third-order valence-corrected chi connectivity index (χ3v) is 1.72. The lowest BCUT2D eigenvalue weighted by molar-refractivity contribution is -0.274. The summed E-state index contributed by atoms with van der Waals surface area (Å²) in [5.74, 6) is -0.784. The van der Waals surface area contributed by atoms with E-state index in [0.717, 1.165) is 12.1 Å². The molecule has 0 aliphatic rings. The lowest BCUT2D eigenvalue weighted by atomic mass is 10.2. The zero-order chi connectivity index (χ0) is 12.3. The second-order valence-electron chi connectivity index (χ2n) is 3.28. The molecule has 0 saturated heterocycles. The molecule has 0 heterocycles. The third kappa shape index (κ3) is 3.45. The van der Waals surface area contributed by atoms with E-state index in [0.29, 0.717) is 0 Å². The molecule has 1 aromatic carbocycles. The zero-order valence-corrected chi connectivity index (χ0v) is 8.71. The first-order valence-corrected chi connectivity index (χ1v) is 4.37. The Kier molecular flexibility index (Phi) is 3.41. The molecule has 1 aromatic rings. The van der Waals surface area contributed by atoms with Gasteiger partial charge in [0.25, 0.3) is 5.91 Å². The van der Waals surface area contributed by atoms with Crippen LogP contribution < -0.4 is 4.74 Å². The summed E-state index contributed by atoms with van der Waals surface area (Å²) in [6.45, 7) is 0. The SMILES string of the molecule is CN(C)C(=O)c1cccc(OC(F)(F)F)c1. The highest BCUT2D eigenvalue weighted by molar-refractivity contribution is 5.94. The summed E-state index contributed by atoms with van der Waals surface area (Å²) in [5, 5.41) is 0. The molecule has 16 heavy (non-hydrogen) atoms. The maximum atomic E-state index is 11.9. The van der Waals surface area contributed by atoms with Crippen LogP contribution >= 0.6 is 0 Å². The minimum Gasteiger partial charge on any atom is -0.406 e. The first-order chi connectivity index (χ1) is 7.29. The lowest BCUT2D eigenvalue weighted by Gasteiger charge is -2.12. The number of hydrogen-bond donors (Lipinski definition) is 0. The van der Waals surface area contributed by atoms with Gasteiger partial charge in [-0.25, -0.2) is 0 Å². The summed E-state index contributed by atoms with van der Waals surface area (Å²) in [5.41, 5.74) is 0.145. The van der Waals surface area contributed by atoms with Gasteiger partial charge in [0.15, 0.2) is 0 Å². The molecule has 0 bridgehead atoms. The van der Waals surface area contributed by atoms with E-state index in [1.54, 1.807) is 0 Å². The molecule has 1 amide bonds. The van der Waals surface area contributed by atoms with Gasteiger partial charge in [-0.1, -0.05) is 6.07 Å². The van der Waals surface area contributed by atoms with E-state index in [4.69, 9.17) is 0 Å². The van der Waals surface area contributed by atoms with E-state index >= 15 is 0 Å². The van der Waals surface area contributed by atoms with E-state index in [2.05, 4.69) is 4.74 Å². The number of amides is 1. The predicted octanol–water partition coefficient (Wildman–Crippen LogP) is 2.29. The topological polar surface area (TPSA) is 29.5 Å². The molecule has 0 N–H and O–H groups in total. The minimum absolute atomic E-state index is 0.145. The number of alkyl halides is 3. The van der Waals surface area contributed by atoms with Crippen molar-refractivity contribution in [3.05, 3.63) is 29.8 Å². The van der Waals surface area contributed by atoms with E-state index in [9.17, 15) is 18.0 Å². The normalized spacial score (nSPS) is 11.1. The van der Waals surface area contributed by atoms with Crippen LogP contribution in [0.15, 0.2) is 24.3 Å². The summed E-state index contributed by atoms with van der Waals surface area (Å²) in [7, 11) is 3.03. The maximum Gasteiger partial charge on any atom is 0.573 e. The van der Waals surface area contributed by atoms with Crippen LogP contribution in [-0.2, 0) is 0 Å². The summed E-state index contributed by atoms with van der Waals surface area (Å²) < 4.78 is 39.4. The average Bonchev–Trinajstić information content (AvgIpc) is 2.14. The number of carbonyl (C=O) groups excluding carboxylic acids is 1. The van der Waals surface area contributed by atoms with Gasteiger partial charge in [-0.15, -0.1) is 13.2 Å². The highest BCUT2D eigenvalue weighted by Crippen LogP contribution is 2.23. The fraction of sp³-hybridized carbons (Fsp3) is 0.300. The quantitative estimate of drug-likeness (QED) is 0.784. The van der Waals surface area contributed by atoms with Gasteiger partial charge in [0.1, 0.15) is 5.75 Å². The summed E-state index contributed by atoms with van der Waals surface area (Å²) in [4.78, 5) is 12.7. The van der Waals surface area contributed by atoms with Gasteiger partial charge < -0.3 is 9.64 Å². The van der Waals surface area contributed by atoms with Crippen molar-refractivity contribution in [1.29, 1.82) is 0 Å². The Morgan fingerprint density at radius 3 is 2.44 bits per heavy atom. The number of rotatable bonds is 2. The van der Waals surface area contributed by atoms with E-state index in [1.807, 2.05) is 0 Å². The van der Waals surface area contributed by atoms with E-state index < -0.39 is 12.1 Å². The van der Waals surface area contributed by atoms with Crippen LogP contribution in [0.4, 0.5) is 13.2 Å². The molecule has 88 valence electrons. The number of ether oxygens (including phenoxy) is 1. The van der Waals surface area contributed by atoms with E-state index in [1.165, 1.54) is 31.1 Å². The molecule has 0 radical (unpaired) electrons. The Morgan fingerprint density at radius 2 is 1.94 bits per heavy atom. The molecule has 0 saturated carbocycles. The van der Waals surface area contributed by atoms with Crippen molar-refractivity contribution in [3.63, 3.8) is 0 Å². The minimum atomic E-state index is -4.75. The molecule has 0 aromatic heterocycles. The van der Waals surface area contributed by atoms with Crippen molar-refractivity contribution in [2.45, 2.75) is 6.36 Å². The van der Waals surface area contributed by atoms with Crippen molar-refractivity contribution >= 4 is 5.91 Å². The molecule has 0 atom stereocenters. The molecule has 0 aliphatic heterocycles. The molecule has 3 nitrogen and oxygen atoms in total. The maximum absolute atomic E-state index is 11.9. The number of nitrogens with zero attached hydrogens (tertiary/aromatic N) is 1. The predicted molar refractivity (Wildman–Crippen MR) is 51.1 cm³/mol. The molecule has 1 rings (SSSR count). The van der Waals surface area contributed by atoms with Crippen LogP contribution in [-0.4, -0.2) is 31.3 Å². The van der Waals surface area contributed by atoms with Gasteiger partial charge >= 0.3 is 6.36 Å². The number of carbonyl (C=O) groups is 1. The summed E-state index contributed by atoms with van der Waals surface area (Å²) >= 11 is 0. The molecule has 0 fully saturated rings. The Bertz CT molecular complexity index is 388. The van der Waals surface area contributed by atoms with Crippen LogP contribution in [0.3, 0.4) is 0 Å². The Hall–Kier alpha value is -1.72. The summed E-state index contributed by atoms with van der Waals surface area (Å²) in [6.07, 6.45) is -4.75. The van der Waals surface area contributed by atoms with Gasteiger partial charge in [0.05, 0.1) is 0 Å². The smallest absolute Gasteiger partial charge is 0.406 e. The van der Waals surface area contributed by atoms with Crippen LogP contribution in [0.5, 0.6) is 5.75 Å². The van der Waals surface area contributed by atoms with E-state index in [-0.39, 0.29) is 11.5 Å². The summed E-state index contributed by atoms with van der Waals surface area (Å²) in [6, 6.07) is 4.94. The monoisotopic (exact) mass is 233 g/mol. The molecular formula is C10H10F3NO2.